The van der Waals surface area contributed by atoms with Crippen LogP contribution in [0.2, 0.25) is 0 Å². The maximum atomic E-state index is 4.65. The standard InChI is InChI=1S/C30H20N6/c1-2-8-22(9-3-1)35-25-10-4-6-12-27(25)36(28-13-7-5-11-26(28)35)23-16-14-21(15-17-23)24-20-33-29-30(34-24)32-19-18-31-29/h1-20H. The fraction of sp³-hybridized carbons (Fsp3) is 0. The van der Waals surface area contributed by atoms with E-state index in [1.54, 1.807) is 18.6 Å². The number of benzene rings is 4. The van der Waals surface area contributed by atoms with Crippen LogP contribution in [0.5, 0.6) is 0 Å². The van der Waals surface area contributed by atoms with Crippen LogP contribution in [0.3, 0.4) is 0 Å². The second kappa shape index (κ2) is 8.29. The molecule has 0 N–H and O–H groups in total. The molecule has 1 aliphatic heterocycles. The largest absolute Gasteiger partial charge is 0.306 e. The number of nitrogens with zero attached hydrogens (tertiary/aromatic N) is 6. The summed E-state index contributed by atoms with van der Waals surface area (Å²) in [4.78, 5) is 22.2. The van der Waals surface area contributed by atoms with E-state index in [0.717, 1.165) is 45.4 Å². The van der Waals surface area contributed by atoms with Gasteiger partial charge in [0.1, 0.15) is 0 Å². The monoisotopic (exact) mass is 464 g/mol. The summed E-state index contributed by atoms with van der Waals surface area (Å²) >= 11 is 0. The molecule has 6 nitrogen and oxygen atoms in total. The smallest absolute Gasteiger partial charge is 0.198 e. The minimum Gasteiger partial charge on any atom is -0.306 e. The molecule has 0 radical (unpaired) electrons. The van der Waals surface area contributed by atoms with E-state index in [2.05, 4.69) is 127 Å². The van der Waals surface area contributed by atoms with Crippen LogP contribution < -0.4 is 9.80 Å². The zero-order chi connectivity index (χ0) is 23.9. The van der Waals surface area contributed by atoms with Gasteiger partial charge in [0.25, 0.3) is 0 Å². The molecule has 0 aliphatic carbocycles. The van der Waals surface area contributed by atoms with Gasteiger partial charge in [-0.2, -0.15) is 0 Å². The summed E-state index contributed by atoms with van der Waals surface area (Å²) < 4.78 is 0. The van der Waals surface area contributed by atoms with E-state index >= 15 is 0 Å². The van der Waals surface area contributed by atoms with Crippen molar-refractivity contribution in [3.05, 3.63) is 122 Å². The van der Waals surface area contributed by atoms with E-state index < -0.39 is 0 Å². The Balaban J connectivity index is 1.34. The van der Waals surface area contributed by atoms with Crippen LogP contribution in [0.4, 0.5) is 34.1 Å². The molecule has 6 heteroatoms. The molecule has 0 fully saturated rings. The number of hydrogen-bond acceptors (Lipinski definition) is 6. The highest BCUT2D eigenvalue weighted by Gasteiger charge is 2.29. The summed E-state index contributed by atoms with van der Waals surface area (Å²) in [6.07, 6.45) is 5.00. The average Bonchev–Trinajstić information content (AvgIpc) is 2.96. The fourth-order valence-electron chi connectivity index (χ4n) is 4.76. The Morgan fingerprint density at radius 2 is 0.944 bits per heavy atom. The van der Waals surface area contributed by atoms with Crippen LogP contribution in [0.15, 0.2) is 122 Å². The molecule has 0 bridgehead atoms. The summed E-state index contributed by atoms with van der Waals surface area (Å²) in [7, 11) is 0. The van der Waals surface area contributed by atoms with Gasteiger partial charge in [-0.3, -0.25) is 0 Å². The second-order valence-electron chi connectivity index (χ2n) is 8.49. The van der Waals surface area contributed by atoms with Crippen molar-refractivity contribution >= 4 is 45.4 Å². The molecule has 3 heterocycles. The van der Waals surface area contributed by atoms with Gasteiger partial charge in [-0.15, -0.1) is 0 Å². The molecule has 0 spiro atoms. The van der Waals surface area contributed by atoms with Crippen LogP contribution in [-0.4, -0.2) is 19.9 Å². The van der Waals surface area contributed by atoms with Gasteiger partial charge in [0.15, 0.2) is 11.3 Å². The molecule has 4 aromatic carbocycles. The summed E-state index contributed by atoms with van der Waals surface area (Å²) in [5, 5.41) is 0. The first-order valence-corrected chi connectivity index (χ1v) is 11.7. The lowest BCUT2D eigenvalue weighted by molar-refractivity contribution is 1.16. The SMILES string of the molecule is c1ccc(N2c3ccccc3N(c3ccc(-c4cnc5nccnc5n4)cc3)c3ccccc32)cc1. The Labute approximate surface area is 208 Å². The van der Waals surface area contributed by atoms with Gasteiger partial charge in [0.2, 0.25) is 0 Å². The van der Waals surface area contributed by atoms with Crippen molar-refractivity contribution in [3.8, 4) is 11.3 Å². The molecule has 1 aliphatic rings. The van der Waals surface area contributed by atoms with Crippen molar-refractivity contribution < 1.29 is 0 Å². The van der Waals surface area contributed by atoms with Gasteiger partial charge in [0, 0.05) is 29.3 Å². The van der Waals surface area contributed by atoms with Gasteiger partial charge in [0.05, 0.1) is 34.6 Å². The maximum absolute atomic E-state index is 4.65. The number of para-hydroxylation sites is 5. The summed E-state index contributed by atoms with van der Waals surface area (Å²) in [6, 6.07) is 35.9. The summed E-state index contributed by atoms with van der Waals surface area (Å²) in [6.45, 7) is 0. The summed E-state index contributed by atoms with van der Waals surface area (Å²) in [5.41, 5.74) is 9.53. The number of hydrogen-bond donors (Lipinski definition) is 0. The molecule has 36 heavy (non-hydrogen) atoms. The number of aromatic nitrogens is 4. The van der Waals surface area contributed by atoms with E-state index in [0.29, 0.717) is 11.3 Å². The van der Waals surface area contributed by atoms with E-state index in [9.17, 15) is 0 Å². The third kappa shape index (κ3) is 3.27. The van der Waals surface area contributed by atoms with Crippen LogP contribution in [-0.2, 0) is 0 Å². The van der Waals surface area contributed by atoms with Gasteiger partial charge in [-0.05, 0) is 48.5 Å². The Kier molecular flexibility index (Phi) is 4.67. The van der Waals surface area contributed by atoms with E-state index in [1.165, 1.54) is 0 Å². The van der Waals surface area contributed by atoms with Crippen molar-refractivity contribution in [2.45, 2.75) is 0 Å². The first-order valence-electron chi connectivity index (χ1n) is 11.7. The van der Waals surface area contributed by atoms with E-state index in [-0.39, 0.29) is 0 Å². The Hall–Kier alpha value is -5.10. The number of anilines is 6. The normalized spacial score (nSPS) is 12.3. The van der Waals surface area contributed by atoms with Crippen LogP contribution in [0.25, 0.3) is 22.6 Å². The highest BCUT2D eigenvalue weighted by Crippen LogP contribution is 2.53. The van der Waals surface area contributed by atoms with Crippen molar-refractivity contribution in [3.63, 3.8) is 0 Å². The molecular formula is C30H20N6. The molecule has 2 aromatic heterocycles. The first-order chi connectivity index (χ1) is 17.9. The zero-order valence-corrected chi connectivity index (χ0v) is 19.2. The lowest BCUT2D eigenvalue weighted by Gasteiger charge is -2.40. The third-order valence-corrected chi connectivity index (χ3v) is 6.36. The number of rotatable bonds is 3. The zero-order valence-electron chi connectivity index (χ0n) is 19.2. The van der Waals surface area contributed by atoms with Gasteiger partial charge in [-0.1, -0.05) is 54.6 Å². The highest BCUT2D eigenvalue weighted by molar-refractivity contribution is 6.01. The van der Waals surface area contributed by atoms with Crippen molar-refractivity contribution in [1.82, 2.24) is 19.9 Å². The molecule has 0 atom stereocenters. The predicted molar refractivity (Wildman–Crippen MR) is 143 cm³/mol. The molecule has 7 rings (SSSR count). The lowest BCUT2D eigenvalue weighted by atomic mass is 10.0. The molecule has 0 amide bonds. The molecule has 0 saturated carbocycles. The van der Waals surface area contributed by atoms with Crippen LogP contribution >= 0.6 is 0 Å². The topological polar surface area (TPSA) is 58.0 Å². The minimum atomic E-state index is 0.541. The van der Waals surface area contributed by atoms with Crippen LogP contribution in [0, 0.1) is 0 Å². The fourth-order valence-corrected chi connectivity index (χ4v) is 4.76. The van der Waals surface area contributed by atoms with Gasteiger partial charge < -0.3 is 9.80 Å². The van der Waals surface area contributed by atoms with Gasteiger partial charge >= 0.3 is 0 Å². The molecule has 6 aromatic rings. The third-order valence-electron chi connectivity index (χ3n) is 6.36. The molecule has 0 saturated heterocycles. The van der Waals surface area contributed by atoms with Crippen molar-refractivity contribution in [1.29, 1.82) is 0 Å². The van der Waals surface area contributed by atoms with Crippen molar-refractivity contribution in [2.75, 3.05) is 9.80 Å². The highest BCUT2D eigenvalue weighted by atomic mass is 15.3. The predicted octanol–water partition coefficient (Wildman–Crippen LogP) is 7.34. The first kappa shape index (κ1) is 20.3. The molecule has 170 valence electrons. The van der Waals surface area contributed by atoms with E-state index in [1.807, 2.05) is 6.07 Å². The second-order valence-corrected chi connectivity index (χ2v) is 8.49. The summed E-state index contributed by atoms with van der Waals surface area (Å²) in [5.74, 6) is 0. The maximum Gasteiger partial charge on any atom is 0.198 e. The van der Waals surface area contributed by atoms with E-state index in [4.69, 9.17) is 0 Å². The Bertz CT molecular complexity index is 1650. The van der Waals surface area contributed by atoms with Crippen molar-refractivity contribution in [2.24, 2.45) is 0 Å². The lowest BCUT2D eigenvalue weighted by Crippen LogP contribution is -2.23. The van der Waals surface area contributed by atoms with Crippen LogP contribution in [0.1, 0.15) is 0 Å². The Morgan fingerprint density at radius 3 is 1.53 bits per heavy atom. The molecular weight excluding hydrogens is 444 g/mol. The average molecular weight is 465 g/mol. The number of fused-ring (bicyclic) bond motifs is 3. The Morgan fingerprint density at radius 1 is 0.444 bits per heavy atom. The minimum absolute atomic E-state index is 0.541. The van der Waals surface area contributed by atoms with Gasteiger partial charge in [-0.25, -0.2) is 19.9 Å². The quantitative estimate of drug-likeness (QED) is 0.273. The molecule has 0 unspecified atom stereocenters.